The smallest absolute Gasteiger partial charge is 0.261 e. The molecule has 5 nitrogen and oxygen atoms in total. The molecule has 1 heterocycles. The fourth-order valence-electron chi connectivity index (χ4n) is 0.946. The molecule has 0 aliphatic rings. The molecule has 0 spiro atoms. The number of rotatable bonds is 4. The molecule has 0 fully saturated rings. The van der Waals surface area contributed by atoms with E-state index >= 15 is 0 Å². The molecule has 0 aliphatic heterocycles. The summed E-state index contributed by atoms with van der Waals surface area (Å²) in [5.41, 5.74) is 10.4. The summed E-state index contributed by atoms with van der Waals surface area (Å²) in [7, 11) is 0. The van der Waals surface area contributed by atoms with Crippen LogP contribution in [-0.2, 0) is 0 Å². The monoisotopic (exact) mass is 227 g/mol. The number of nitrogens with one attached hydrogen (secondary N) is 1. The summed E-state index contributed by atoms with van der Waals surface area (Å²) >= 11 is 1.07. The van der Waals surface area contributed by atoms with Crippen LogP contribution in [0.3, 0.4) is 0 Å². The first-order valence-corrected chi connectivity index (χ1v) is 5.26. The van der Waals surface area contributed by atoms with Gasteiger partial charge in [-0.1, -0.05) is 0 Å². The number of hydrogen-bond donors (Lipinski definition) is 3. The fourth-order valence-corrected chi connectivity index (χ4v) is 1.71. The average molecular weight is 227 g/mol. The highest BCUT2D eigenvalue weighted by Gasteiger charge is 2.12. The molecule has 6 heteroatoms. The van der Waals surface area contributed by atoms with Crippen molar-refractivity contribution >= 4 is 23.2 Å². The van der Waals surface area contributed by atoms with Crippen molar-refractivity contribution < 1.29 is 9.59 Å². The Kier molecular flexibility index (Phi) is 3.81. The Bertz CT molecular complexity index is 375. The number of thiophene rings is 1. The van der Waals surface area contributed by atoms with Crippen molar-refractivity contribution in [1.82, 2.24) is 5.32 Å². The van der Waals surface area contributed by atoms with E-state index in [0.29, 0.717) is 16.3 Å². The van der Waals surface area contributed by atoms with Gasteiger partial charge in [-0.15, -0.1) is 11.3 Å². The van der Waals surface area contributed by atoms with Crippen molar-refractivity contribution in [1.29, 1.82) is 0 Å². The van der Waals surface area contributed by atoms with Crippen LogP contribution in [0.1, 0.15) is 26.3 Å². The highest BCUT2D eigenvalue weighted by atomic mass is 32.1. The first-order valence-electron chi connectivity index (χ1n) is 4.45. The van der Waals surface area contributed by atoms with Crippen LogP contribution in [0.15, 0.2) is 12.1 Å². The molecule has 0 saturated carbocycles. The summed E-state index contributed by atoms with van der Waals surface area (Å²) in [6.07, 6.45) is 0. The van der Waals surface area contributed by atoms with E-state index in [0.717, 1.165) is 11.3 Å². The summed E-state index contributed by atoms with van der Waals surface area (Å²) in [6, 6.07) is 3.02. The van der Waals surface area contributed by atoms with Crippen LogP contribution in [0.25, 0.3) is 0 Å². The lowest BCUT2D eigenvalue weighted by molar-refractivity contribution is 0.0944. The van der Waals surface area contributed by atoms with Crippen molar-refractivity contribution in [2.24, 2.45) is 11.5 Å². The second-order valence-corrected chi connectivity index (χ2v) is 4.22. The van der Waals surface area contributed by atoms with E-state index in [4.69, 9.17) is 11.5 Å². The van der Waals surface area contributed by atoms with Gasteiger partial charge >= 0.3 is 0 Å². The minimum Gasteiger partial charge on any atom is -0.365 e. The molecular weight excluding hydrogens is 214 g/mol. The predicted molar refractivity (Wildman–Crippen MR) is 58.8 cm³/mol. The van der Waals surface area contributed by atoms with Crippen LogP contribution in [0.5, 0.6) is 0 Å². The maximum atomic E-state index is 11.5. The number of primary amides is 1. The van der Waals surface area contributed by atoms with Gasteiger partial charge in [0.1, 0.15) is 0 Å². The minimum absolute atomic E-state index is 0.0865. The number of amides is 2. The average Bonchev–Trinajstić information content (AvgIpc) is 2.66. The summed E-state index contributed by atoms with van der Waals surface area (Å²) < 4.78 is 0. The molecule has 1 aromatic heterocycles. The number of hydrogen-bond acceptors (Lipinski definition) is 4. The molecule has 1 atom stereocenters. The van der Waals surface area contributed by atoms with Gasteiger partial charge in [0, 0.05) is 12.6 Å². The molecule has 0 bridgehead atoms. The lowest BCUT2D eigenvalue weighted by Crippen LogP contribution is -2.37. The van der Waals surface area contributed by atoms with Crippen molar-refractivity contribution in [3.63, 3.8) is 0 Å². The summed E-state index contributed by atoms with van der Waals surface area (Å²) in [5, 5.41) is 2.69. The Labute approximate surface area is 91.4 Å². The maximum Gasteiger partial charge on any atom is 0.261 e. The van der Waals surface area contributed by atoms with Crippen molar-refractivity contribution in [3.8, 4) is 0 Å². The zero-order valence-electron chi connectivity index (χ0n) is 8.32. The normalized spacial score (nSPS) is 12.1. The van der Waals surface area contributed by atoms with Crippen LogP contribution < -0.4 is 16.8 Å². The molecule has 0 saturated heterocycles. The van der Waals surface area contributed by atoms with Gasteiger partial charge in [-0.2, -0.15) is 0 Å². The van der Waals surface area contributed by atoms with Crippen molar-refractivity contribution in [2.75, 3.05) is 6.54 Å². The third-order valence-corrected chi connectivity index (χ3v) is 2.90. The van der Waals surface area contributed by atoms with E-state index < -0.39 is 5.91 Å². The van der Waals surface area contributed by atoms with E-state index in [-0.39, 0.29) is 11.9 Å². The largest absolute Gasteiger partial charge is 0.365 e. The van der Waals surface area contributed by atoms with Crippen LogP contribution in [-0.4, -0.2) is 24.4 Å². The third-order valence-electron chi connectivity index (χ3n) is 1.80. The van der Waals surface area contributed by atoms with E-state index in [1.165, 1.54) is 6.07 Å². The van der Waals surface area contributed by atoms with Crippen molar-refractivity contribution in [3.05, 3.63) is 21.9 Å². The van der Waals surface area contributed by atoms with Crippen LogP contribution in [0.4, 0.5) is 0 Å². The zero-order chi connectivity index (χ0) is 11.4. The molecule has 0 aliphatic carbocycles. The van der Waals surface area contributed by atoms with Gasteiger partial charge < -0.3 is 16.8 Å². The first-order chi connectivity index (χ1) is 7.04. The topological polar surface area (TPSA) is 98.2 Å². The fraction of sp³-hybridized carbons (Fsp3) is 0.333. The maximum absolute atomic E-state index is 11.5. The van der Waals surface area contributed by atoms with Gasteiger partial charge in [0.2, 0.25) is 0 Å². The standard InChI is InChI=1S/C9H13N3O2S/c1-5(4-10)12-9(14)7-3-2-6(15-7)8(11)13/h2-3,5H,4,10H2,1H3,(H2,11,13)(H,12,14)/t5-/m1/s1. The van der Waals surface area contributed by atoms with E-state index in [1.54, 1.807) is 13.0 Å². The molecule has 5 N–H and O–H groups in total. The zero-order valence-corrected chi connectivity index (χ0v) is 9.14. The summed E-state index contributed by atoms with van der Waals surface area (Å²) in [5.74, 6) is -0.753. The Morgan fingerprint density at radius 3 is 2.53 bits per heavy atom. The molecule has 82 valence electrons. The number of carbonyl (C=O) groups excluding carboxylic acids is 2. The van der Waals surface area contributed by atoms with E-state index in [2.05, 4.69) is 5.32 Å². The minimum atomic E-state index is -0.522. The SMILES string of the molecule is C[C@H](CN)NC(=O)c1ccc(C(N)=O)s1. The van der Waals surface area contributed by atoms with Gasteiger partial charge in [0.15, 0.2) is 0 Å². The Morgan fingerprint density at radius 1 is 1.47 bits per heavy atom. The van der Waals surface area contributed by atoms with Crippen molar-refractivity contribution in [2.45, 2.75) is 13.0 Å². The second kappa shape index (κ2) is 4.90. The van der Waals surface area contributed by atoms with E-state index in [9.17, 15) is 9.59 Å². The van der Waals surface area contributed by atoms with Gasteiger partial charge in [0.05, 0.1) is 9.75 Å². The Hall–Kier alpha value is -1.40. The molecule has 0 radical (unpaired) electrons. The van der Waals surface area contributed by atoms with Gasteiger partial charge in [-0.3, -0.25) is 9.59 Å². The quantitative estimate of drug-likeness (QED) is 0.671. The lowest BCUT2D eigenvalue weighted by Gasteiger charge is -2.09. The molecule has 0 aromatic carbocycles. The van der Waals surface area contributed by atoms with Gasteiger partial charge in [-0.05, 0) is 19.1 Å². The van der Waals surface area contributed by atoms with Gasteiger partial charge in [-0.25, -0.2) is 0 Å². The summed E-state index contributed by atoms with van der Waals surface area (Å²) in [6.45, 7) is 2.18. The molecule has 0 unspecified atom stereocenters. The predicted octanol–water partition coefficient (Wildman–Crippen LogP) is -0.0760. The van der Waals surface area contributed by atoms with Gasteiger partial charge in [0.25, 0.3) is 11.8 Å². The molecule has 2 amide bonds. The lowest BCUT2D eigenvalue weighted by atomic mass is 10.3. The van der Waals surface area contributed by atoms with E-state index in [1.807, 2.05) is 0 Å². The molecular formula is C9H13N3O2S. The number of nitrogens with two attached hydrogens (primary N) is 2. The first kappa shape index (κ1) is 11.7. The van der Waals surface area contributed by atoms with Crippen LogP contribution in [0.2, 0.25) is 0 Å². The highest BCUT2D eigenvalue weighted by molar-refractivity contribution is 7.15. The Morgan fingerprint density at radius 2 is 2.07 bits per heavy atom. The number of carbonyl (C=O) groups is 2. The summed E-state index contributed by atoms with van der Waals surface area (Å²) in [4.78, 5) is 23.2. The van der Waals surface area contributed by atoms with Crippen LogP contribution >= 0.6 is 11.3 Å². The third kappa shape index (κ3) is 3.03. The van der Waals surface area contributed by atoms with Crippen LogP contribution in [0, 0.1) is 0 Å². The Balaban J connectivity index is 2.70. The highest BCUT2D eigenvalue weighted by Crippen LogP contribution is 2.15. The molecule has 15 heavy (non-hydrogen) atoms. The molecule has 1 aromatic rings. The second-order valence-electron chi connectivity index (χ2n) is 3.14. The molecule has 1 rings (SSSR count).